The number of amides is 1. The quantitative estimate of drug-likeness (QED) is 0.752. The molecule has 1 aliphatic heterocycles. The summed E-state index contributed by atoms with van der Waals surface area (Å²) < 4.78 is 0. The molecule has 1 amide bonds. The Morgan fingerprint density at radius 1 is 1.27 bits per heavy atom. The van der Waals surface area contributed by atoms with Gasteiger partial charge in [0.05, 0.1) is 5.69 Å². The topological polar surface area (TPSA) is 42.0 Å². The largest absolute Gasteiger partial charge is 0.322 e. The second kappa shape index (κ2) is 3.69. The number of hydrogen-bond donors (Lipinski definition) is 1. The molecule has 0 spiro atoms. The van der Waals surface area contributed by atoms with Crippen molar-refractivity contribution in [2.24, 2.45) is 0 Å². The normalized spacial score (nSPS) is 18.5. The van der Waals surface area contributed by atoms with Crippen molar-refractivity contribution in [3.8, 4) is 0 Å². The first-order valence-electron chi connectivity index (χ1n) is 4.80. The zero-order valence-corrected chi connectivity index (χ0v) is 8.74. The summed E-state index contributed by atoms with van der Waals surface area (Å²) in [6.07, 6.45) is 3.61. The molecule has 0 saturated heterocycles. The summed E-state index contributed by atoms with van der Waals surface area (Å²) in [7, 11) is 0. The highest BCUT2D eigenvalue weighted by molar-refractivity contribution is 6.00. The third-order valence-electron chi connectivity index (χ3n) is 2.54. The van der Waals surface area contributed by atoms with Gasteiger partial charge in [0.25, 0.3) is 5.91 Å². The number of nitrogens with zero attached hydrogens (tertiary/aromatic N) is 1. The zero-order valence-electron chi connectivity index (χ0n) is 8.74. The summed E-state index contributed by atoms with van der Waals surface area (Å²) >= 11 is 0. The SMILES string of the molecule is CC1=C(C)C(=Cc2ccccn2)NC1=O. The van der Waals surface area contributed by atoms with Crippen LogP contribution in [0.1, 0.15) is 19.5 Å². The smallest absolute Gasteiger partial charge is 0.251 e. The van der Waals surface area contributed by atoms with E-state index in [2.05, 4.69) is 10.3 Å². The van der Waals surface area contributed by atoms with Gasteiger partial charge in [-0.2, -0.15) is 0 Å². The lowest BCUT2D eigenvalue weighted by Gasteiger charge is -1.99. The van der Waals surface area contributed by atoms with Crippen LogP contribution in [0.25, 0.3) is 6.08 Å². The molecule has 2 rings (SSSR count). The van der Waals surface area contributed by atoms with E-state index in [0.717, 1.165) is 22.5 Å². The molecule has 1 aliphatic rings. The monoisotopic (exact) mass is 200 g/mol. The number of aromatic nitrogens is 1. The highest BCUT2D eigenvalue weighted by Crippen LogP contribution is 2.20. The van der Waals surface area contributed by atoms with Crippen LogP contribution in [-0.2, 0) is 4.79 Å². The van der Waals surface area contributed by atoms with Crippen LogP contribution < -0.4 is 5.32 Å². The number of carbonyl (C=O) groups excluding carboxylic acids is 1. The van der Waals surface area contributed by atoms with Crippen molar-refractivity contribution in [2.75, 3.05) is 0 Å². The Balaban J connectivity index is 2.35. The summed E-state index contributed by atoms with van der Waals surface area (Å²) in [6, 6.07) is 5.69. The van der Waals surface area contributed by atoms with E-state index >= 15 is 0 Å². The van der Waals surface area contributed by atoms with E-state index in [0.29, 0.717) is 0 Å². The van der Waals surface area contributed by atoms with E-state index in [1.165, 1.54) is 0 Å². The van der Waals surface area contributed by atoms with Crippen LogP contribution in [0.3, 0.4) is 0 Å². The van der Waals surface area contributed by atoms with E-state index in [9.17, 15) is 4.79 Å². The average molecular weight is 200 g/mol. The van der Waals surface area contributed by atoms with Crippen molar-refractivity contribution in [2.45, 2.75) is 13.8 Å². The molecule has 0 radical (unpaired) electrons. The standard InChI is InChI=1S/C12H12N2O/c1-8-9(2)12(15)14-11(8)7-10-5-3-4-6-13-10/h3-7H,1-2H3,(H,14,15). The molecule has 2 heterocycles. The van der Waals surface area contributed by atoms with Crippen LogP contribution >= 0.6 is 0 Å². The zero-order chi connectivity index (χ0) is 10.8. The molecule has 15 heavy (non-hydrogen) atoms. The Hall–Kier alpha value is -1.90. The van der Waals surface area contributed by atoms with Gasteiger partial charge >= 0.3 is 0 Å². The third-order valence-corrected chi connectivity index (χ3v) is 2.54. The molecule has 0 atom stereocenters. The molecule has 0 unspecified atom stereocenters. The molecule has 0 saturated carbocycles. The summed E-state index contributed by atoms with van der Waals surface area (Å²) in [5, 5.41) is 2.81. The lowest BCUT2D eigenvalue weighted by Crippen LogP contribution is -2.15. The predicted octanol–water partition coefficient (Wildman–Crippen LogP) is 1.89. The summed E-state index contributed by atoms with van der Waals surface area (Å²) in [6.45, 7) is 3.76. The molecule has 1 N–H and O–H groups in total. The van der Waals surface area contributed by atoms with Crippen molar-refractivity contribution in [3.63, 3.8) is 0 Å². The maximum atomic E-state index is 11.4. The molecule has 3 nitrogen and oxygen atoms in total. The number of nitrogens with one attached hydrogen (secondary N) is 1. The van der Waals surface area contributed by atoms with E-state index in [4.69, 9.17) is 0 Å². The van der Waals surface area contributed by atoms with Crippen molar-refractivity contribution in [1.82, 2.24) is 10.3 Å². The molecular weight excluding hydrogens is 188 g/mol. The Bertz CT molecular complexity index is 458. The summed E-state index contributed by atoms with van der Waals surface area (Å²) in [4.78, 5) is 15.5. The van der Waals surface area contributed by atoms with Crippen LogP contribution in [0.5, 0.6) is 0 Å². The number of pyridine rings is 1. The Morgan fingerprint density at radius 2 is 2.07 bits per heavy atom. The van der Waals surface area contributed by atoms with E-state index in [-0.39, 0.29) is 5.91 Å². The Morgan fingerprint density at radius 3 is 2.60 bits per heavy atom. The van der Waals surface area contributed by atoms with Gasteiger partial charge in [-0.15, -0.1) is 0 Å². The molecular formula is C12H12N2O. The second-order valence-corrected chi connectivity index (χ2v) is 3.52. The van der Waals surface area contributed by atoms with Crippen molar-refractivity contribution >= 4 is 12.0 Å². The Labute approximate surface area is 88.5 Å². The third kappa shape index (κ3) is 1.81. The van der Waals surface area contributed by atoms with Gasteiger partial charge in [0, 0.05) is 17.5 Å². The van der Waals surface area contributed by atoms with Crippen LogP contribution in [-0.4, -0.2) is 10.9 Å². The van der Waals surface area contributed by atoms with Gasteiger partial charge in [-0.05, 0) is 37.6 Å². The first-order valence-corrected chi connectivity index (χ1v) is 4.80. The van der Waals surface area contributed by atoms with Gasteiger partial charge in [0.1, 0.15) is 0 Å². The summed E-state index contributed by atoms with van der Waals surface area (Å²) in [5.41, 5.74) is 3.46. The second-order valence-electron chi connectivity index (χ2n) is 3.52. The minimum Gasteiger partial charge on any atom is -0.322 e. The molecule has 1 aromatic heterocycles. The molecule has 3 heteroatoms. The molecule has 0 bridgehead atoms. The van der Waals surface area contributed by atoms with Gasteiger partial charge in [-0.25, -0.2) is 0 Å². The summed E-state index contributed by atoms with van der Waals surface area (Å²) in [5.74, 6) is -0.0188. The maximum Gasteiger partial charge on any atom is 0.251 e. The van der Waals surface area contributed by atoms with Gasteiger partial charge < -0.3 is 5.32 Å². The average Bonchev–Trinajstić information content (AvgIpc) is 2.48. The van der Waals surface area contributed by atoms with Crippen LogP contribution in [0.4, 0.5) is 0 Å². The van der Waals surface area contributed by atoms with Crippen LogP contribution in [0, 0.1) is 0 Å². The van der Waals surface area contributed by atoms with Crippen LogP contribution in [0.15, 0.2) is 41.2 Å². The van der Waals surface area contributed by atoms with E-state index in [1.54, 1.807) is 6.20 Å². The maximum absolute atomic E-state index is 11.4. The van der Waals surface area contributed by atoms with Gasteiger partial charge in [0.2, 0.25) is 0 Å². The minimum absolute atomic E-state index is 0.0188. The molecule has 76 valence electrons. The van der Waals surface area contributed by atoms with Gasteiger partial charge in [-0.3, -0.25) is 9.78 Å². The molecule has 0 aliphatic carbocycles. The number of rotatable bonds is 1. The van der Waals surface area contributed by atoms with Crippen molar-refractivity contribution in [3.05, 3.63) is 46.9 Å². The van der Waals surface area contributed by atoms with Crippen LogP contribution in [0.2, 0.25) is 0 Å². The lowest BCUT2D eigenvalue weighted by atomic mass is 10.1. The number of hydrogen-bond acceptors (Lipinski definition) is 2. The number of allylic oxidation sites excluding steroid dienone is 1. The predicted molar refractivity (Wildman–Crippen MR) is 58.7 cm³/mol. The van der Waals surface area contributed by atoms with Gasteiger partial charge in [-0.1, -0.05) is 6.07 Å². The Kier molecular flexibility index (Phi) is 2.37. The van der Waals surface area contributed by atoms with Gasteiger partial charge in [0.15, 0.2) is 0 Å². The molecule has 0 aromatic carbocycles. The highest BCUT2D eigenvalue weighted by Gasteiger charge is 2.19. The molecule has 1 aromatic rings. The van der Waals surface area contributed by atoms with E-state index in [1.807, 2.05) is 38.1 Å². The van der Waals surface area contributed by atoms with Crippen molar-refractivity contribution < 1.29 is 4.79 Å². The minimum atomic E-state index is -0.0188. The lowest BCUT2D eigenvalue weighted by molar-refractivity contribution is -0.116. The highest BCUT2D eigenvalue weighted by atomic mass is 16.1. The molecule has 0 fully saturated rings. The first-order chi connectivity index (χ1) is 7.18. The fraction of sp³-hybridized carbons (Fsp3) is 0.167. The fourth-order valence-electron chi connectivity index (χ4n) is 1.44. The van der Waals surface area contributed by atoms with Crippen molar-refractivity contribution in [1.29, 1.82) is 0 Å². The number of carbonyl (C=O) groups is 1. The first kappa shape index (κ1) is 9.65. The fourth-order valence-corrected chi connectivity index (χ4v) is 1.44. The van der Waals surface area contributed by atoms with E-state index < -0.39 is 0 Å².